The number of nitrogens with zero attached hydrogens (tertiary/aromatic N) is 3. The van der Waals surface area contributed by atoms with Crippen molar-refractivity contribution in [1.82, 2.24) is 9.66 Å². The first-order chi connectivity index (χ1) is 18.8. The molecule has 39 heavy (non-hydrogen) atoms. The molecule has 0 atom stereocenters. The fourth-order valence-electron chi connectivity index (χ4n) is 3.81. The second-order valence-electron chi connectivity index (χ2n) is 8.40. The molecule has 0 aliphatic carbocycles. The number of methoxy groups -OCH3 is 2. The highest BCUT2D eigenvalue weighted by Gasteiger charge is 2.16. The van der Waals surface area contributed by atoms with Crippen molar-refractivity contribution in [2.24, 2.45) is 5.10 Å². The SMILES string of the molecule is CCCc1nc2ccc(Br)cc2c(=O)n1N=Cc1cc(OC)c(OCC(=O)Nc2ccc(Cl)cc2)c(OC)c1. The zero-order valence-electron chi connectivity index (χ0n) is 21.5. The minimum Gasteiger partial charge on any atom is -0.493 e. The summed E-state index contributed by atoms with van der Waals surface area (Å²) in [6.07, 6.45) is 2.90. The van der Waals surface area contributed by atoms with Crippen LogP contribution in [0.15, 0.2) is 69.0 Å². The van der Waals surface area contributed by atoms with Crippen LogP contribution < -0.4 is 25.1 Å². The van der Waals surface area contributed by atoms with Crippen LogP contribution in [0.5, 0.6) is 17.2 Å². The van der Waals surface area contributed by atoms with Crippen molar-refractivity contribution in [2.45, 2.75) is 19.8 Å². The molecule has 1 N–H and O–H groups in total. The maximum Gasteiger partial charge on any atom is 0.282 e. The van der Waals surface area contributed by atoms with Crippen molar-refractivity contribution in [3.05, 3.63) is 85.8 Å². The van der Waals surface area contributed by atoms with Crippen molar-refractivity contribution in [1.29, 1.82) is 0 Å². The van der Waals surface area contributed by atoms with E-state index in [0.717, 1.165) is 10.9 Å². The Kier molecular flexibility index (Phi) is 9.21. The number of amides is 1. The van der Waals surface area contributed by atoms with Gasteiger partial charge in [-0.15, -0.1) is 0 Å². The van der Waals surface area contributed by atoms with E-state index in [0.29, 0.717) is 50.9 Å². The summed E-state index contributed by atoms with van der Waals surface area (Å²) in [5.74, 6) is 1.10. The van der Waals surface area contributed by atoms with E-state index >= 15 is 0 Å². The van der Waals surface area contributed by atoms with Crippen molar-refractivity contribution >= 4 is 56.2 Å². The van der Waals surface area contributed by atoms with E-state index in [9.17, 15) is 9.59 Å². The number of hydrogen-bond donors (Lipinski definition) is 1. The van der Waals surface area contributed by atoms with Crippen LogP contribution in [0.2, 0.25) is 5.02 Å². The number of benzene rings is 3. The van der Waals surface area contributed by atoms with E-state index in [4.69, 9.17) is 25.8 Å². The van der Waals surface area contributed by atoms with Gasteiger partial charge in [0.05, 0.1) is 31.3 Å². The monoisotopic (exact) mass is 612 g/mol. The standard InChI is InChI=1S/C28H26BrClN4O5/c1-4-5-25-33-22-11-6-18(29)14-21(22)28(36)34(25)31-15-17-12-23(37-2)27(24(13-17)38-3)39-16-26(35)32-20-9-7-19(30)8-10-20/h6-15H,4-5,16H2,1-3H3,(H,32,35). The van der Waals surface area contributed by atoms with Gasteiger partial charge in [-0.3, -0.25) is 9.59 Å². The van der Waals surface area contributed by atoms with E-state index < -0.39 is 0 Å². The predicted octanol–water partition coefficient (Wildman–Crippen LogP) is 5.68. The Morgan fingerprint density at radius 2 is 1.79 bits per heavy atom. The van der Waals surface area contributed by atoms with Gasteiger partial charge < -0.3 is 19.5 Å². The molecule has 1 amide bonds. The first-order valence-electron chi connectivity index (χ1n) is 12.0. The Morgan fingerprint density at radius 3 is 2.44 bits per heavy atom. The number of carbonyl (C=O) groups is 1. The summed E-state index contributed by atoms with van der Waals surface area (Å²) in [4.78, 5) is 30.3. The number of nitrogens with one attached hydrogen (secondary N) is 1. The number of ether oxygens (including phenoxy) is 3. The van der Waals surface area contributed by atoms with Crippen LogP contribution in [0.25, 0.3) is 10.9 Å². The topological polar surface area (TPSA) is 104 Å². The van der Waals surface area contributed by atoms with E-state index in [1.165, 1.54) is 25.1 Å². The quantitative estimate of drug-likeness (QED) is 0.231. The molecular formula is C28H26BrClN4O5. The van der Waals surface area contributed by atoms with Crippen molar-refractivity contribution < 1.29 is 19.0 Å². The number of fused-ring (bicyclic) bond motifs is 1. The Labute approximate surface area is 238 Å². The minimum absolute atomic E-state index is 0.254. The summed E-state index contributed by atoms with van der Waals surface area (Å²) < 4.78 is 18.8. The van der Waals surface area contributed by atoms with Gasteiger partial charge in [-0.2, -0.15) is 9.78 Å². The molecule has 0 bridgehead atoms. The highest BCUT2D eigenvalue weighted by atomic mass is 79.9. The predicted molar refractivity (Wildman–Crippen MR) is 156 cm³/mol. The molecule has 11 heteroatoms. The van der Waals surface area contributed by atoms with E-state index in [1.54, 1.807) is 48.5 Å². The van der Waals surface area contributed by atoms with Crippen LogP contribution in [0.3, 0.4) is 0 Å². The van der Waals surface area contributed by atoms with Crippen LogP contribution in [0.1, 0.15) is 24.7 Å². The maximum atomic E-state index is 13.3. The number of hydrogen-bond acceptors (Lipinski definition) is 7. The van der Waals surface area contributed by atoms with Crippen LogP contribution in [0, 0.1) is 0 Å². The average molecular weight is 614 g/mol. The number of carbonyl (C=O) groups excluding carboxylic acids is 1. The summed E-state index contributed by atoms with van der Waals surface area (Å²) >= 11 is 9.30. The lowest BCUT2D eigenvalue weighted by atomic mass is 10.2. The van der Waals surface area contributed by atoms with Crippen LogP contribution >= 0.6 is 27.5 Å². The maximum absolute atomic E-state index is 13.3. The fraction of sp³-hybridized carbons (Fsp3) is 0.214. The molecular weight excluding hydrogens is 588 g/mol. The number of anilines is 1. The second-order valence-corrected chi connectivity index (χ2v) is 9.75. The largest absolute Gasteiger partial charge is 0.493 e. The fourth-order valence-corrected chi connectivity index (χ4v) is 4.30. The van der Waals surface area contributed by atoms with Gasteiger partial charge in [-0.05, 0) is 61.0 Å². The number of halogens is 2. The smallest absolute Gasteiger partial charge is 0.282 e. The molecule has 0 saturated carbocycles. The van der Waals surface area contributed by atoms with Crippen molar-refractivity contribution in [3.63, 3.8) is 0 Å². The summed E-state index contributed by atoms with van der Waals surface area (Å²) in [6.45, 7) is 1.73. The average Bonchev–Trinajstić information content (AvgIpc) is 2.93. The molecule has 4 rings (SSSR count). The molecule has 0 saturated heterocycles. The van der Waals surface area contributed by atoms with Gasteiger partial charge in [0.15, 0.2) is 18.1 Å². The lowest BCUT2D eigenvalue weighted by molar-refractivity contribution is -0.118. The van der Waals surface area contributed by atoms with Crippen molar-refractivity contribution in [3.8, 4) is 17.2 Å². The van der Waals surface area contributed by atoms with E-state index in [1.807, 2.05) is 13.0 Å². The van der Waals surface area contributed by atoms with Crippen LogP contribution in [-0.2, 0) is 11.2 Å². The lowest BCUT2D eigenvalue weighted by Crippen LogP contribution is -2.22. The normalized spacial score (nSPS) is 11.1. The van der Waals surface area contributed by atoms with Gasteiger partial charge in [-0.1, -0.05) is 34.5 Å². The number of aromatic nitrogens is 2. The molecule has 9 nitrogen and oxygen atoms in total. The second kappa shape index (κ2) is 12.8. The zero-order valence-corrected chi connectivity index (χ0v) is 23.9. The molecule has 0 unspecified atom stereocenters. The molecule has 3 aromatic carbocycles. The summed E-state index contributed by atoms with van der Waals surface area (Å²) in [7, 11) is 2.95. The Bertz CT molecular complexity index is 1560. The number of rotatable bonds is 10. The third-order valence-corrected chi connectivity index (χ3v) is 6.37. The van der Waals surface area contributed by atoms with Gasteiger partial charge in [0, 0.05) is 27.2 Å². The molecule has 0 spiro atoms. The summed E-state index contributed by atoms with van der Waals surface area (Å²) in [5, 5.41) is 8.22. The summed E-state index contributed by atoms with van der Waals surface area (Å²) in [6, 6.07) is 15.5. The zero-order chi connectivity index (χ0) is 27.9. The van der Waals surface area contributed by atoms with Gasteiger partial charge in [0.2, 0.25) is 5.75 Å². The van der Waals surface area contributed by atoms with Gasteiger partial charge in [-0.25, -0.2) is 4.98 Å². The number of aryl methyl sites for hydroxylation is 1. The molecule has 0 aliphatic heterocycles. The highest BCUT2D eigenvalue weighted by molar-refractivity contribution is 9.10. The molecule has 1 heterocycles. The van der Waals surface area contributed by atoms with E-state index in [2.05, 4.69) is 31.3 Å². The first-order valence-corrected chi connectivity index (χ1v) is 13.2. The molecule has 0 fully saturated rings. The van der Waals surface area contributed by atoms with Crippen LogP contribution in [0.4, 0.5) is 5.69 Å². The molecule has 4 aromatic rings. The molecule has 202 valence electrons. The first kappa shape index (κ1) is 28.1. The molecule has 0 radical (unpaired) electrons. The lowest BCUT2D eigenvalue weighted by Gasteiger charge is -2.15. The van der Waals surface area contributed by atoms with E-state index in [-0.39, 0.29) is 23.8 Å². The van der Waals surface area contributed by atoms with Gasteiger partial charge in [0.25, 0.3) is 11.5 Å². The van der Waals surface area contributed by atoms with Crippen LogP contribution in [-0.4, -0.2) is 42.6 Å². The summed E-state index contributed by atoms with van der Waals surface area (Å²) in [5.41, 5.74) is 1.52. The minimum atomic E-state index is -0.370. The molecule has 1 aromatic heterocycles. The Balaban J connectivity index is 1.60. The Hall–Kier alpha value is -3.89. The highest BCUT2D eigenvalue weighted by Crippen LogP contribution is 2.38. The van der Waals surface area contributed by atoms with Crippen molar-refractivity contribution in [2.75, 3.05) is 26.1 Å². The molecule has 0 aliphatic rings. The Morgan fingerprint density at radius 1 is 1.10 bits per heavy atom. The van der Waals surface area contributed by atoms with Gasteiger partial charge in [0.1, 0.15) is 5.82 Å². The third-order valence-electron chi connectivity index (χ3n) is 5.63. The third kappa shape index (κ3) is 6.76. The van der Waals surface area contributed by atoms with Gasteiger partial charge >= 0.3 is 0 Å².